The van der Waals surface area contributed by atoms with E-state index in [1.165, 1.54) is 19.1 Å². The van der Waals surface area contributed by atoms with Gasteiger partial charge in [-0.25, -0.2) is 4.79 Å². The van der Waals surface area contributed by atoms with Gasteiger partial charge in [0.1, 0.15) is 34.7 Å². The zero-order valence-electron chi connectivity index (χ0n) is 26.2. The van der Waals surface area contributed by atoms with Crippen molar-refractivity contribution in [3.05, 3.63) is 46.5 Å². The van der Waals surface area contributed by atoms with Gasteiger partial charge in [-0.1, -0.05) is 35.4 Å². The van der Waals surface area contributed by atoms with Gasteiger partial charge in [0.25, 0.3) is 0 Å². The molecular weight excluding hydrogens is 594 g/mol. The zero-order chi connectivity index (χ0) is 32.4. The number of benzene rings is 1. The number of allylic oxidation sites excluding steroid dienone is 3. The number of carbonyl (C=O) groups excluding carboxylic acids is 3. The van der Waals surface area contributed by atoms with Gasteiger partial charge in [0.05, 0.1) is 31.9 Å². The summed E-state index contributed by atoms with van der Waals surface area (Å²) in [5.74, 6) is -0.474. The minimum absolute atomic E-state index is 0.00405. The van der Waals surface area contributed by atoms with Gasteiger partial charge in [0.15, 0.2) is 5.72 Å². The smallest absolute Gasteiger partial charge is 0.409 e. The molecule has 3 heterocycles. The van der Waals surface area contributed by atoms with E-state index in [1.54, 1.807) is 45.1 Å². The van der Waals surface area contributed by atoms with E-state index in [0.717, 1.165) is 11.1 Å². The standard InChI is InChI=1S/C31H42ClN3O9/c1-18-9-8-10-23(41-7)31(39)16-20(42-29(38)33-31)14-25-30(2,44-25)24(43-27(37)17-34(3)4)15-26(36)35(5)21-12-19(11-18)13-22(40-6)28(21)32/h8-10,12-13,20,23-25,39H,11,14-17H2,1-7H3,(H,33,38)/b10-8+,18-9+/t20?,23-,24+,25?,30+,31+/m1/s1. The molecule has 0 aliphatic carbocycles. The highest BCUT2D eigenvalue weighted by Gasteiger charge is 2.61. The summed E-state index contributed by atoms with van der Waals surface area (Å²) in [6.07, 6.45) is 1.88. The summed E-state index contributed by atoms with van der Waals surface area (Å²) in [6.45, 7) is 3.69. The Morgan fingerprint density at radius 2 is 2.00 bits per heavy atom. The number of ether oxygens (including phenoxy) is 5. The van der Waals surface area contributed by atoms with Gasteiger partial charge >= 0.3 is 12.1 Å². The third kappa shape index (κ3) is 7.55. The molecule has 0 spiro atoms. The number of aliphatic hydroxyl groups is 1. The molecule has 1 aromatic rings. The molecule has 2 fully saturated rings. The predicted molar refractivity (Wildman–Crippen MR) is 163 cm³/mol. The highest BCUT2D eigenvalue weighted by molar-refractivity contribution is 6.35. The Morgan fingerprint density at radius 1 is 1.27 bits per heavy atom. The number of methoxy groups -OCH3 is 2. The molecule has 13 heteroatoms. The molecule has 2 amide bonds. The first-order chi connectivity index (χ1) is 20.7. The number of fused-ring (bicyclic) bond motifs is 5. The van der Waals surface area contributed by atoms with Gasteiger partial charge in [-0.2, -0.15) is 0 Å². The van der Waals surface area contributed by atoms with Crippen molar-refractivity contribution in [3.63, 3.8) is 0 Å². The molecule has 3 aliphatic rings. The second-order valence-electron chi connectivity index (χ2n) is 12.0. The van der Waals surface area contributed by atoms with Gasteiger partial charge in [-0.05, 0) is 52.1 Å². The maximum Gasteiger partial charge on any atom is 0.409 e. The summed E-state index contributed by atoms with van der Waals surface area (Å²) in [5.41, 5.74) is -0.568. The van der Waals surface area contributed by atoms with Gasteiger partial charge in [-0.3, -0.25) is 19.8 Å². The van der Waals surface area contributed by atoms with Gasteiger partial charge in [0.2, 0.25) is 5.91 Å². The number of likely N-dealkylation sites (N-methyl/N-ethyl adjacent to an activating group) is 1. The fourth-order valence-corrected chi connectivity index (χ4v) is 6.02. The summed E-state index contributed by atoms with van der Waals surface area (Å²) in [7, 11) is 8.02. The van der Waals surface area contributed by atoms with E-state index in [9.17, 15) is 19.5 Å². The lowest BCUT2D eigenvalue weighted by molar-refractivity contribution is -0.154. The lowest BCUT2D eigenvalue weighted by atomic mass is 9.90. The summed E-state index contributed by atoms with van der Waals surface area (Å²) in [5, 5.41) is 14.2. The molecular formula is C31H42ClN3O9. The average Bonchev–Trinajstić information content (AvgIpc) is 3.59. The molecule has 4 rings (SSSR count). The van der Waals surface area contributed by atoms with Crippen molar-refractivity contribution in [3.8, 4) is 5.75 Å². The topological polar surface area (TPSA) is 139 Å². The quantitative estimate of drug-likeness (QED) is 0.367. The van der Waals surface area contributed by atoms with E-state index in [1.807, 2.05) is 25.1 Å². The fourth-order valence-electron chi connectivity index (χ4n) is 5.71. The van der Waals surface area contributed by atoms with Gasteiger partial charge in [-0.15, -0.1) is 0 Å². The zero-order valence-corrected chi connectivity index (χ0v) is 27.0. The summed E-state index contributed by atoms with van der Waals surface area (Å²) in [4.78, 5) is 42.2. The average molecular weight is 636 g/mol. The van der Waals surface area contributed by atoms with Crippen molar-refractivity contribution in [2.75, 3.05) is 46.8 Å². The van der Waals surface area contributed by atoms with E-state index >= 15 is 0 Å². The van der Waals surface area contributed by atoms with Crippen LogP contribution in [0.15, 0.2) is 35.9 Å². The molecule has 12 nitrogen and oxygen atoms in total. The molecule has 6 atom stereocenters. The van der Waals surface area contributed by atoms with Crippen LogP contribution in [0.4, 0.5) is 10.5 Å². The molecule has 2 saturated heterocycles. The maximum absolute atomic E-state index is 13.7. The van der Waals surface area contributed by atoms with Crippen LogP contribution in [0.1, 0.15) is 38.7 Å². The normalized spacial score (nSPS) is 33.0. The molecule has 0 radical (unpaired) electrons. The number of halogens is 1. The predicted octanol–water partition coefficient (Wildman–Crippen LogP) is 2.98. The number of amides is 2. The van der Waals surface area contributed by atoms with Crippen LogP contribution in [-0.4, -0.2) is 106 Å². The lowest BCUT2D eigenvalue weighted by Gasteiger charge is -2.40. The Balaban J connectivity index is 1.75. The number of alkyl carbamates (subject to hydrolysis) is 1. The van der Waals surface area contributed by atoms with Crippen molar-refractivity contribution in [1.82, 2.24) is 10.2 Å². The number of anilines is 1. The Morgan fingerprint density at radius 3 is 2.66 bits per heavy atom. The van der Waals surface area contributed by atoms with E-state index < -0.39 is 47.8 Å². The first-order valence-electron chi connectivity index (χ1n) is 14.4. The molecule has 1 aromatic carbocycles. The van der Waals surface area contributed by atoms with Crippen LogP contribution in [0.2, 0.25) is 5.02 Å². The minimum Gasteiger partial charge on any atom is -0.495 e. The van der Waals surface area contributed by atoms with Crippen molar-refractivity contribution in [1.29, 1.82) is 0 Å². The van der Waals surface area contributed by atoms with Crippen LogP contribution in [0, 0.1) is 0 Å². The van der Waals surface area contributed by atoms with Crippen LogP contribution in [-0.2, 0) is 35.0 Å². The van der Waals surface area contributed by atoms with Gasteiger partial charge < -0.3 is 33.7 Å². The van der Waals surface area contributed by atoms with E-state index in [4.69, 9.17) is 35.3 Å². The Bertz CT molecular complexity index is 1330. The van der Waals surface area contributed by atoms with E-state index in [0.29, 0.717) is 17.9 Å². The number of rotatable bonds is 5. The number of epoxide rings is 1. The van der Waals surface area contributed by atoms with Crippen molar-refractivity contribution in [2.24, 2.45) is 0 Å². The highest BCUT2D eigenvalue weighted by Crippen LogP contribution is 2.46. The maximum atomic E-state index is 13.7. The number of hydrogen-bond acceptors (Lipinski definition) is 10. The number of hydrogen-bond donors (Lipinski definition) is 2. The first kappa shape index (κ1) is 33.7. The number of carbonyl (C=O) groups is 3. The van der Waals surface area contributed by atoms with Crippen molar-refractivity contribution < 1.29 is 43.2 Å². The molecule has 4 bridgehead atoms. The summed E-state index contributed by atoms with van der Waals surface area (Å²) >= 11 is 6.67. The second-order valence-corrected chi connectivity index (χ2v) is 12.4. The molecule has 2 N–H and O–H groups in total. The second kappa shape index (κ2) is 13.5. The third-order valence-corrected chi connectivity index (χ3v) is 8.59. The molecule has 2 unspecified atom stereocenters. The fraction of sp³-hybridized carbons (Fsp3) is 0.581. The van der Waals surface area contributed by atoms with E-state index in [-0.39, 0.29) is 36.7 Å². The van der Waals surface area contributed by atoms with Crippen LogP contribution in [0.25, 0.3) is 0 Å². The molecule has 0 saturated carbocycles. The summed E-state index contributed by atoms with van der Waals surface area (Å²) in [6, 6.07) is 3.63. The van der Waals surface area contributed by atoms with Crippen LogP contribution in [0.3, 0.4) is 0 Å². The molecule has 44 heavy (non-hydrogen) atoms. The largest absolute Gasteiger partial charge is 0.495 e. The van der Waals surface area contributed by atoms with E-state index in [2.05, 4.69) is 5.32 Å². The number of nitrogens with zero attached hydrogens (tertiary/aromatic N) is 2. The number of esters is 1. The van der Waals surface area contributed by atoms with Crippen molar-refractivity contribution in [2.45, 2.75) is 75.3 Å². The molecule has 0 aromatic heterocycles. The Hall–Kier alpha value is -3.16. The monoisotopic (exact) mass is 635 g/mol. The SMILES string of the molecule is COc1cc2cc(c1Cl)N(C)C(=O)C[C@H](OC(=O)CN(C)C)[C@]1(C)OC1CC1C[C@@](O)(NC(=O)O1)[C@H](OC)/C=C/C=C(\C)C2. The van der Waals surface area contributed by atoms with Crippen LogP contribution in [0.5, 0.6) is 5.75 Å². The number of nitrogens with one attached hydrogen (secondary N) is 1. The third-order valence-electron chi connectivity index (χ3n) is 8.21. The lowest BCUT2D eigenvalue weighted by Crippen LogP contribution is -2.62. The minimum atomic E-state index is -1.75. The summed E-state index contributed by atoms with van der Waals surface area (Å²) < 4.78 is 28.5. The van der Waals surface area contributed by atoms with Gasteiger partial charge in [0, 0.05) is 27.0 Å². The highest BCUT2D eigenvalue weighted by atomic mass is 35.5. The van der Waals surface area contributed by atoms with Crippen LogP contribution < -0.4 is 15.0 Å². The van der Waals surface area contributed by atoms with Crippen LogP contribution >= 0.6 is 11.6 Å². The Labute approximate surface area is 262 Å². The molecule has 242 valence electrons. The Kier molecular flexibility index (Phi) is 10.3. The molecule has 3 aliphatic heterocycles. The first-order valence-corrected chi connectivity index (χ1v) is 14.8. The van der Waals surface area contributed by atoms with Crippen molar-refractivity contribution >= 4 is 35.3 Å².